The summed E-state index contributed by atoms with van der Waals surface area (Å²) in [5.74, 6) is -1.64. The minimum Gasteiger partial charge on any atom is -0.382 e. The molecule has 13 heteroatoms. The zero-order valence-electron chi connectivity index (χ0n) is 26.2. The molecule has 0 saturated carbocycles. The van der Waals surface area contributed by atoms with Gasteiger partial charge in [0, 0.05) is 37.1 Å². The molecule has 0 saturated heterocycles. The van der Waals surface area contributed by atoms with E-state index in [2.05, 4.69) is 5.32 Å². The van der Waals surface area contributed by atoms with Crippen molar-refractivity contribution in [3.05, 3.63) is 101 Å². The van der Waals surface area contributed by atoms with E-state index in [1.807, 2.05) is 30.3 Å². The van der Waals surface area contributed by atoms with Crippen molar-refractivity contribution in [2.75, 3.05) is 14.2 Å². The summed E-state index contributed by atoms with van der Waals surface area (Å²) in [6.07, 6.45) is -7.75. The number of benzene rings is 3. The minimum absolute atomic E-state index is 0.230. The summed E-state index contributed by atoms with van der Waals surface area (Å²) in [4.78, 5) is 28.0. The number of carbonyl (C=O) groups excluding carboxylic acids is 1. The van der Waals surface area contributed by atoms with Gasteiger partial charge in [-0.25, -0.2) is 0 Å². The van der Waals surface area contributed by atoms with Gasteiger partial charge < -0.3 is 24.0 Å². The fourth-order valence-electron chi connectivity index (χ4n) is 5.78. The molecule has 0 aliphatic heterocycles. The van der Waals surface area contributed by atoms with Crippen LogP contribution in [0.3, 0.4) is 0 Å². The first-order valence-corrected chi connectivity index (χ1v) is 16.4. The van der Waals surface area contributed by atoms with Crippen LogP contribution in [0.15, 0.2) is 89.7 Å². The average Bonchev–Trinajstić information content (AvgIpc) is 3.36. The Morgan fingerprint density at radius 2 is 1.53 bits per heavy atom. The number of pyridine rings is 1. The van der Waals surface area contributed by atoms with E-state index in [9.17, 15) is 32.4 Å². The molecule has 2 N–H and O–H groups in total. The maximum atomic E-state index is 14.6. The number of aromatic nitrogens is 2. The summed E-state index contributed by atoms with van der Waals surface area (Å²) in [5.41, 5.74) is 2.10. The standard InChI is InChI=1S/C34H35F3N3O6P/c1-21(2)30(32(42)34(35,36)37)38-29(41)20-40-28(23-13-9-6-10-14-23)18-26-25-17-24(47(44,45-3)46-4)15-16-27(25)39(31(26)33(40)43)19-22-11-7-5-8-12-22/h5-18,21,30,32,42H,19-20H2,1-4H3,(H,38,41). The van der Waals surface area contributed by atoms with Crippen LogP contribution in [-0.4, -0.2) is 52.7 Å². The number of carbonyl (C=O) groups is 1. The molecule has 0 spiro atoms. The zero-order valence-corrected chi connectivity index (χ0v) is 27.1. The highest BCUT2D eigenvalue weighted by molar-refractivity contribution is 7.62. The van der Waals surface area contributed by atoms with Crippen molar-refractivity contribution in [2.24, 2.45) is 5.92 Å². The van der Waals surface area contributed by atoms with E-state index >= 15 is 0 Å². The molecule has 2 heterocycles. The molecular weight excluding hydrogens is 634 g/mol. The molecule has 0 radical (unpaired) electrons. The lowest BCUT2D eigenvalue weighted by molar-refractivity contribution is -0.215. The largest absolute Gasteiger partial charge is 0.416 e. The van der Waals surface area contributed by atoms with Gasteiger partial charge in [0.2, 0.25) is 5.91 Å². The van der Waals surface area contributed by atoms with Gasteiger partial charge in [-0.2, -0.15) is 13.2 Å². The molecule has 0 aliphatic rings. The Balaban J connectivity index is 1.76. The van der Waals surface area contributed by atoms with Gasteiger partial charge in [0.05, 0.1) is 17.0 Å². The molecule has 47 heavy (non-hydrogen) atoms. The minimum atomic E-state index is -4.96. The van der Waals surface area contributed by atoms with Crippen molar-refractivity contribution in [3.63, 3.8) is 0 Å². The van der Waals surface area contributed by atoms with Crippen LogP contribution in [0.2, 0.25) is 0 Å². The maximum Gasteiger partial charge on any atom is 0.416 e. The van der Waals surface area contributed by atoms with E-state index in [0.717, 1.165) is 5.56 Å². The van der Waals surface area contributed by atoms with Crippen molar-refractivity contribution >= 4 is 40.6 Å². The van der Waals surface area contributed by atoms with Crippen LogP contribution in [0.5, 0.6) is 0 Å². The number of amides is 1. The fraction of sp³-hybridized carbons (Fsp3) is 0.294. The number of hydrogen-bond donors (Lipinski definition) is 2. The second-order valence-electron chi connectivity index (χ2n) is 11.5. The van der Waals surface area contributed by atoms with Gasteiger partial charge in [-0.1, -0.05) is 74.5 Å². The SMILES string of the molecule is COP(=O)(OC)c1ccc2c(c1)c1cc(-c3ccccc3)n(CC(=O)NC(C(C)C)C(O)C(F)(F)F)c(=O)c1n2Cc1ccccc1. The van der Waals surface area contributed by atoms with Crippen LogP contribution >= 0.6 is 7.60 Å². The first-order valence-electron chi connectivity index (χ1n) is 14.8. The van der Waals surface area contributed by atoms with Gasteiger partial charge in [0.25, 0.3) is 5.56 Å². The predicted molar refractivity (Wildman–Crippen MR) is 175 cm³/mol. The Bertz CT molecular complexity index is 2000. The number of alkyl halides is 3. The summed E-state index contributed by atoms with van der Waals surface area (Å²) < 4.78 is 67.2. The van der Waals surface area contributed by atoms with Crippen molar-refractivity contribution < 1.29 is 36.7 Å². The summed E-state index contributed by atoms with van der Waals surface area (Å²) in [6.45, 7) is 2.56. The van der Waals surface area contributed by atoms with E-state index in [1.54, 1.807) is 59.2 Å². The third-order valence-electron chi connectivity index (χ3n) is 8.18. The van der Waals surface area contributed by atoms with Gasteiger partial charge >= 0.3 is 13.8 Å². The Labute approximate surface area is 269 Å². The third-order valence-corrected chi connectivity index (χ3v) is 10.1. The summed E-state index contributed by atoms with van der Waals surface area (Å²) in [5, 5.41) is 13.7. The Morgan fingerprint density at radius 1 is 0.915 bits per heavy atom. The van der Waals surface area contributed by atoms with Crippen molar-refractivity contribution in [3.8, 4) is 11.3 Å². The Hall–Kier alpha value is -4.22. The number of nitrogens with one attached hydrogen (secondary N) is 1. The Morgan fingerprint density at radius 3 is 2.11 bits per heavy atom. The molecule has 1 amide bonds. The van der Waals surface area contributed by atoms with E-state index in [4.69, 9.17) is 9.05 Å². The molecule has 9 nitrogen and oxygen atoms in total. The van der Waals surface area contributed by atoms with Crippen molar-refractivity contribution in [1.29, 1.82) is 0 Å². The number of aliphatic hydroxyl groups is 1. The monoisotopic (exact) mass is 669 g/mol. The molecule has 2 atom stereocenters. The average molecular weight is 670 g/mol. The number of nitrogens with zero attached hydrogens (tertiary/aromatic N) is 2. The molecule has 5 rings (SSSR count). The first kappa shape index (κ1) is 34.1. The molecule has 0 aliphatic carbocycles. The smallest absolute Gasteiger partial charge is 0.382 e. The lowest BCUT2D eigenvalue weighted by atomic mass is 9.98. The molecule has 0 bridgehead atoms. The molecule has 5 aromatic rings. The van der Waals surface area contributed by atoms with Crippen LogP contribution < -0.4 is 16.2 Å². The summed E-state index contributed by atoms with van der Waals surface area (Å²) in [6, 6.07) is 23.3. The molecule has 2 aromatic heterocycles. The van der Waals surface area contributed by atoms with E-state index in [0.29, 0.717) is 27.5 Å². The van der Waals surface area contributed by atoms with Crippen LogP contribution in [0.1, 0.15) is 19.4 Å². The Kier molecular flexibility index (Phi) is 9.79. The number of halogens is 3. The highest BCUT2D eigenvalue weighted by Crippen LogP contribution is 2.46. The summed E-state index contributed by atoms with van der Waals surface area (Å²) >= 11 is 0. The summed E-state index contributed by atoms with van der Waals surface area (Å²) in [7, 11) is -1.11. The van der Waals surface area contributed by atoms with Gasteiger partial charge in [-0.3, -0.25) is 18.7 Å². The molecular formula is C34H35F3N3O6P. The number of aliphatic hydroxyl groups excluding tert-OH is 1. The van der Waals surface area contributed by atoms with E-state index < -0.39 is 49.8 Å². The number of hydrogen-bond acceptors (Lipinski definition) is 6. The number of rotatable bonds is 11. The molecule has 248 valence electrons. The molecule has 3 aromatic carbocycles. The molecule has 0 fully saturated rings. The lowest BCUT2D eigenvalue weighted by Gasteiger charge is -2.29. The normalized spacial score (nSPS) is 13.7. The highest BCUT2D eigenvalue weighted by atomic mass is 31.2. The van der Waals surface area contributed by atoms with Crippen molar-refractivity contribution in [1.82, 2.24) is 14.5 Å². The van der Waals surface area contributed by atoms with Gasteiger partial charge in [0.15, 0.2) is 6.10 Å². The van der Waals surface area contributed by atoms with E-state index in [-0.39, 0.29) is 17.4 Å². The zero-order chi connectivity index (χ0) is 34.1. The van der Waals surface area contributed by atoms with Crippen LogP contribution in [0.4, 0.5) is 13.2 Å². The second-order valence-corrected chi connectivity index (χ2v) is 13.8. The van der Waals surface area contributed by atoms with Crippen LogP contribution in [-0.2, 0) is 31.5 Å². The topological polar surface area (TPSA) is 112 Å². The lowest BCUT2D eigenvalue weighted by Crippen LogP contribution is -2.53. The quantitative estimate of drug-likeness (QED) is 0.171. The number of fused-ring (bicyclic) bond motifs is 3. The first-order chi connectivity index (χ1) is 22.3. The van der Waals surface area contributed by atoms with Gasteiger partial charge in [-0.05, 0) is 41.3 Å². The second kappa shape index (κ2) is 13.5. The van der Waals surface area contributed by atoms with Gasteiger partial charge in [-0.15, -0.1) is 0 Å². The molecule has 2 unspecified atom stereocenters. The highest BCUT2D eigenvalue weighted by Gasteiger charge is 2.45. The van der Waals surface area contributed by atoms with Crippen LogP contribution in [0, 0.1) is 5.92 Å². The van der Waals surface area contributed by atoms with Crippen molar-refractivity contribution in [2.45, 2.75) is 45.3 Å². The van der Waals surface area contributed by atoms with E-state index in [1.165, 1.54) is 32.6 Å². The predicted octanol–water partition coefficient (Wildman–Crippen LogP) is 5.85. The maximum absolute atomic E-state index is 14.6. The fourth-order valence-corrected chi connectivity index (χ4v) is 6.89. The third kappa shape index (κ3) is 6.78. The van der Waals surface area contributed by atoms with Crippen LogP contribution in [0.25, 0.3) is 33.1 Å². The van der Waals surface area contributed by atoms with Gasteiger partial charge in [0.1, 0.15) is 12.1 Å².